The quantitative estimate of drug-likeness (QED) is 0.0265. The fraction of sp³-hybridized carbons (Fsp3) is 0.909. The molecule has 0 aromatic heterocycles. The Morgan fingerprint density at radius 2 is 0.857 bits per heavy atom. The van der Waals surface area contributed by atoms with Crippen LogP contribution in [-0.2, 0) is 9.47 Å². The lowest BCUT2D eigenvalue weighted by molar-refractivity contribution is -0.893. The molecule has 294 valence electrons. The Labute approximate surface area is 328 Å². The summed E-state index contributed by atoms with van der Waals surface area (Å²) in [6.45, 7) is 9.29. The predicted octanol–water partition coefficient (Wildman–Crippen LogP) is 11.3. The highest BCUT2D eigenvalue weighted by molar-refractivity contribution is 9.09. The van der Waals surface area contributed by atoms with Crippen LogP contribution in [0.1, 0.15) is 200 Å². The molecule has 0 spiro atoms. The lowest BCUT2D eigenvalue weighted by Crippen LogP contribution is -3.00. The lowest BCUT2D eigenvalue weighted by atomic mass is 10.1. The molecule has 0 radical (unpaired) electrons. The van der Waals surface area contributed by atoms with Crippen molar-refractivity contribution in [1.29, 1.82) is 0 Å². The predicted molar refractivity (Wildman–Crippen MR) is 220 cm³/mol. The van der Waals surface area contributed by atoms with Crippen LogP contribution in [0.15, 0.2) is 24.3 Å². The van der Waals surface area contributed by atoms with E-state index in [1.807, 2.05) is 0 Å². The minimum atomic E-state index is 0. The number of hydrogen-bond donors (Lipinski definition) is 0. The molecule has 0 heterocycles. The average Bonchev–Trinajstić information content (AvgIpc) is 3.08. The molecule has 1 unspecified atom stereocenters. The zero-order valence-electron chi connectivity index (χ0n) is 33.7. The van der Waals surface area contributed by atoms with Gasteiger partial charge >= 0.3 is 0 Å². The maximum Gasteiger partial charge on any atom is 0.130 e. The van der Waals surface area contributed by atoms with Crippen molar-refractivity contribution >= 4 is 15.9 Å². The third kappa shape index (κ3) is 42.6. The van der Waals surface area contributed by atoms with E-state index in [2.05, 4.69) is 68.2 Å². The van der Waals surface area contributed by atoms with Gasteiger partial charge in [-0.05, 0) is 64.2 Å². The lowest BCUT2D eigenvalue weighted by Gasteiger charge is -2.33. The molecule has 5 heteroatoms. The molecule has 0 bridgehead atoms. The average molecular weight is 822 g/mol. The van der Waals surface area contributed by atoms with Gasteiger partial charge in [-0.2, -0.15) is 0 Å². The molecule has 0 saturated heterocycles. The maximum atomic E-state index is 6.44. The van der Waals surface area contributed by atoms with Crippen LogP contribution in [0.2, 0.25) is 0 Å². The number of hydrogen-bond acceptors (Lipinski definition) is 2. The summed E-state index contributed by atoms with van der Waals surface area (Å²) >= 11 is 3.61. The standard InChI is InChI=1S/C44H87BrNO2.BrH/c1-5-7-9-11-13-15-17-19-21-23-25-27-29-31-33-35-40-47-43-44(42-46(3,4)39-37-38-45)48-41-36-34-32-30-28-26-24-22-20-18-16-14-12-10-8-6-2;/h19-22,44H,5-18,23-43H2,1-4H3;1H/q+1;/p-1/b21-19-,22-20-;. The first kappa shape index (κ1) is 51.4. The monoisotopic (exact) mass is 820 g/mol. The fourth-order valence-corrected chi connectivity index (χ4v) is 6.80. The molecule has 0 saturated carbocycles. The Morgan fingerprint density at radius 3 is 1.27 bits per heavy atom. The summed E-state index contributed by atoms with van der Waals surface area (Å²) in [4.78, 5) is 0. The van der Waals surface area contributed by atoms with Crippen molar-refractivity contribution in [2.24, 2.45) is 0 Å². The minimum absolute atomic E-state index is 0. The summed E-state index contributed by atoms with van der Waals surface area (Å²) in [5.41, 5.74) is 0. The van der Waals surface area contributed by atoms with Gasteiger partial charge in [-0.1, -0.05) is 170 Å². The molecule has 0 aromatic rings. The first-order chi connectivity index (χ1) is 23.6. The fourth-order valence-electron chi connectivity index (χ4n) is 6.55. The number of alkyl halides is 1. The van der Waals surface area contributed by atoms with Gasteiger partial charge in [-0.3, -0.25) is 0 Å². The first-order valence-corrected chi connectivity index (χ1v) is 22.5. The molecule has 49 heavy (non-hydrogen) atoms. The van der Waals surface area contributed by atoms with Crippen LogP contribution in [0, 0.1) is 0 Å². The molecule has 0 fully saturated rings. The Bertz CT molecular complexity index is 669. The van der Waals surface area contributed by atoms with E-state index < -0.39 is 0 Å². The highest BCUT2D eigenvalue weighted by Crippen LogP contribution is 2.13. The van der Waals surface area contributed by atoms with Gasteiger partial charge in [0.25, 0.3) is 0 Å². The van der Waals surface area contributed by atoms with E-state index in [9.17, 15) is 0 Å². The Balaban J connectivity index is 0. The smallest absolute Gasteiger partial charge is 0.130 e. The van der Waals surface area contributed by atoms with E-state index in [1.165, 1.54) is 193 Å². The molecule has 3 nitrogen and oxygen atoms in total. The van der Waals surface area contributed by atoms with Gasteiger partial charge in [0.2, 0.25) is 0 Å². The van der Waals surface area contributed by atoms with Gasteiger partial charge < -0.3 is 30.9 Å². The molecular weight excluding hydrogens is 734 g/mol. The number of likely N-dealkylation sites (N-methyl/N-ethyl adjacent to an activating group) is 1. The van der Waals surface area contributed by atoms with Crippen molar-refractivity contribution in [3.63, 3.8) is 0 Å². The van der Waals surface area contributed by atoms with Gasteiger partial charge in [0.15, 0.2) is 0 Å². The molecule has 0 N–H and O–H groups in total. The van der Waals surface area contributed by atoms with Crippen molar-refractivity contribution in [3.8, 4) is 0 Å². The van der Waals surface area contributed by atoms with Crippen molar-refractivity contribution in [2.75, 3.05) is 52.3 Å². The third-order valence-corrected chi connectivity index (χ3v) is 10.3. The van der Waals surface area contributed by atoms with Gasteiger partial charge in [0.05, 0.1) is 27.2 Å². The third-order valence-electron chi connectivity index (χ3n) is 9.71. The first-order valence-electron chi connectivity index (χ1n) is 21.4. The van der Waals surface area contributed by atoms with E-state index in [0.717, 1.165) is 36.2 Å². The molecule has 1 atom stereocenters. The van der Waals surface area contributed by atoms with E-state index >= 15 is 0 Å². The zero-order valence-corrected chi connectivity index (χ0v) is 36.8. The van der Waals surface area contributed by atoms with Crippen LogP contribution in [0.4, 0.5) is 0 Å². The molecule has 0 rings (SSSR count). The highest BCUT2D eigenvalue weighted by atomic mass is 79.9. The largest absolute Gasteiger partial charge is 1.00 e. The molecule has 0 aliphatic rings. The van der Waals surface area contributed by atoms with Crippen LogP contribution in [-0.4, -0.2) is 62.9 Å². The van der Waals surface area contributed by atoms with E-state index in [-0.39, 0.29) is 23.1 Å². The number of allylic oxidation sites excluding steroid dienone is 4. The number of unbranched alkanes of at least 4 members (excludes halogenated alkanes) is 24. The molecule has 0 amide bonds. The number of halogens is 2. The molecular formula is C44H87Br2NO2. The van der Waals surface area contributed by atoms with Crippen molar-refractivity contribution in [2.45, 2.75) is 206 Å². The summed E-state index contributed by atoms with van der Waals surface area (Å²) < 4.78 is 13.6. The second-order valence-corrected chi connectivity index (χ2v) is 16.1. The van der Waals surface area contributed by atoms with Crippen LogP contribution in [0.25, 0.3) is 0 Å². The van der Waals surface area contributed by atoms with E-state index in [1.54, 1.807) is 0 Å². The van der Waals surface area contributed by atoms with Crippen molar-refractivity contribution in [3.05, 3.63) is 24.3 Å². The van der Waals surface area contributed by atoms with Crippen molar-refractivity contribution in [1.82, 2.24) is 0 Å². The summed E-state index contributed by atoms with van der Waals surface area (Å²) in [5.74, 6) is 0. The van der Waals surface area contributed by atoms with Crippen LogP contribution < -0.4 is 17.0 Å². The van der Waals surface area contributed by atoms with Gasteiger partial charge in [0.1, 0.15) is 12.6 Å². The maximum absolute atomic E-state index is 6.44. The zero-order chi connectivity index (χ0) is 35.1. The molecule has 0 aliphatic heterocycles. The number of quaternary nitrogens is 1. The molecule has 0 aromatic carbocycles. The summed E-state index contributed by atoms with van der Waals surface area (Å²) in [6, 6.07) is 0. The topological polar surface area (TPSA) is 18.5 Å². The number of ether oxygens (including phenoxy) is 2. The van der Waals surface area contributed by atoms with Gasteiger partial charge in [-0.15, -0.1) is 0 Å². The van der Waals surface area contributed by atoms with Gasteiger partial charge in [0, 0.05) is 25.0 Å². The summed E-state index contributed by atoms with van der Waals surface area (Å²) in [6.07, 6.45) is 48.8. The Hall–Kier alpha value is 0.320. The summed E-state index contributed by atoms with van der Waals surface area (Å²) in [7, 11) is 4.68. The number of rotatable bonds is 40. The van der Waals surface area contributed by atoms with Crippen LogP contribution in [0.3, 0.4) is 0 Å². The van der Waals surface area contributed by atoms with E-state index in [4.69, 9.17) is 9.47 Å². The van der Waals surface area contributed by atoms with Crippen molar-refractivity contribution < 1.29 is 30.9 Å². The van der Waals surface area contributed by atoms with Crippen LogP contribution in [0.5, 0.6) is 0 Å². The second-order valence-electron chi connectivity index (χ2n) is 15.3. The van der Waals surface area contributed by atoms with Crippen LogP contribution >= 0.6 is 15.9 Å². The Morgan fingerprint density at radius 1 is 0.490 bits per heavy atom. The minimum Gasteiger partial charge on any atom is -1.00 e. The summed E-state index contributed by atoms with van der Waals surface area (Å²) in [5, 5.41) is 1.07. The molecule has 0 aliphatic carbocycles. The van der Waals surface area contributed by atoms with Gasteiger partial charge in [-0.25, -0.2) is 0 Å². The normalized spacial score (nSPS) is 12.8. The second kappa shape index (κ2) is 42.7. The Kier molecular flexibility index (Phi) is 44.8. The highest BCUT2D eigenvalue weighted by Gasteiger charge is 2.22. The van der Waals surface area contributed by atoms with E-state index in [0.29, 0.717) is 0 Å². The SMILES string of the molecule is CCCCCCCC/C=C\CCCCCCCCOCC(C[N+](C)(C)CCCBr)OCCCCCCCC/C=C\CCCCCCCC.[Br-]. The number of nitrogens with zero attached hydrogens (tertiary/aromatic N) is 1.